The van der Waals surface area contributed by atoms with Crippen molar-refractivity contribution >= 4 is 5.97 Å². The lowest BCUT2D eigenvalue weighted by atomic mass is 9.86. The zero-order valence-corrected chi connectivity index (χ0v) is 10.6. The van der Waals surface area contributed by atoms with Crippen molar-refractivity contribution in [2.45, 2.75) is 13.3 Å². The number of hydrogen-bond acceptors (Lipinski definition) is 3. The summed E-state index contributed by atoms with van der Waals surface area (Å²) in [4.78, 5) is 11.1. The summed E-state index contributed by atoms with van der Waals surface area (Å²) in [5, 5.41) is 12.3. The Morgan fingerprint density at radius 3 is 2.72 bits per heavy atom. The number of carboxylic acid groups (broad SMARTS) is 1. The molecule has 0 aliphatic carbocycles. The lowest BCUT2D eigenvalue weighted by Gasteiger charge is -2.37. The van der Waals surface area contributed by atoms with Gasteiger partial charge in [0.05, 0.1) is 13.2 Å². The highest BCUT2D eigenvalue weighted by molar-refractivity contribution is 5.76. The van der Waals surface area contributed by atoms with Gasteiger partial charge in [-0.05, 0) is 31.0 Å². The number of nitrogens with one attached hydrogen (secondary N) is 1. The molecule has 0 saturated carbocycles. The molecule has 1 aromatic carbocycles. The molecule has 0 aromatic heterocycles. The van der Waals surface area contributed by atoms with E-state index in [1.165, 1.54) is 11.1 Å². The Kier molecular flexibility index (Phi) is 3.99. The van der Waals surface area contributed by atoms with Gasteiger partial charge in [0, 0.05) is 6.54 Å². The molecule has 1 saturated heterocycles. The van der Waals surface area contributed by atoms with Crippen molar-refractivity contribution in [2.75, 3.05) is 26.3 Å². The molecule has 1 aliphatic rings. The van der Waals surface area contributed by atoms with Gasteiger partial charge in [-0.3, -0.25) is 4.79 Å². The predicted octanol–water partition coefficient (Wildman–Crippen LogP) is 1.23. The Balaban J connectivity index is 1.76. The van der Waals surface area contributed by atoms with Crippen LogP contribution >= 0.6 is 0 Å². The molecule has 0 radical (unpaired) electrons. The van der Waals surface area contributed by atoms with Crippen LogP contribution in [0, 0.1) is 12.3 Å². The summed E-state index contributed by atoms with van der Waals surface area (Å²) in [6, 6.07) is 8.25. The number of rotatable bonds is 6. The van der Waals surface area contributed by atoms with E-state index in [9.17, 15) is 4.79 Å². The first kappa shape index (κ1) is 13.1. The molecule has 1 heterocycles. The zero-order chi connectivity index (χ0) is 13.0. The van der Waals surface area contributed by atoms with E-state index in [0.29, 0.717) is 19.8 Å². The molecule has 4 nitrogen and oxygen atoms in total. The van der Waals surface area contributed by atoms with Gasteiger partial charge < -0.3 is 15.2 Å². The molecule has 0 atom stereocenters. The molecule has 18 heavy (non-hydrogen) atoms. The van der Waals surface area contributed by atoms with Crippen molar-refractivity contribution in [3.8, 4) is 0 Å². The third-order valence-electron chi connectivity index (χ3n) is 3.51. The summed E-state index contributed by atoms with van der Waals surface area (Å²) >= 11 is 0. The largest absolute Gasteiger partial charge is 0.481 e. The minimum Gasteiger partial charge on any atom is -0.481 e. The lowest BCUT2D eigenvalue weighted by molar-refractivity contribution is -0.178. The molecule has 2 N–H and O–H groups in total. The summed E-state index contributed by atoms with van der Waals surface area (Å²) in [5.74, 6) is -0.767. The summed E-state index contributed by atoms with van der Waals surface area (Å²) in [5.41, 5.74) is 1.88. The monoisotopic (exact) mass is 249 g/mol. The molecule has 1 aliphatic heterocycles. The van der Waals surface area contributed by atoms with E-state index in [1.54, 1.807) is 0 Å². The Morgan fingerprint density at radius 2 is 2.17 bits per heavy atom. The first-order valence-corrected chi connectivity index (χ1v) is 6.20. The molecule has 98 valence electrons. The van der Waals surface area contributed by atoms with Crippen LogP contribution < -0.4 is 5.32 Å². The van der Waals surface area contributed by atoms with Crippen LogP contribution in [0.4, 0.5) is 0 Å². The van der Waals surface area contributed by atoms with Gasteiger partial charge >= 0.3 is 5.97 Å². The van der Waals surface area contributed by atoms with Crippen molar-refractivity contribution in [1.82, 2.24) is 5.32 Å². The molecule has 4 heteroatoms. The van der Waals surface area contributed by atoms with Crippen LogP contribution in [0.15, 0.2) is 24.3 Å². The van der Waals surface area contributed by atoms with Gasteiger partial charge in [0.2, 0.25) is 0 Å². The number of aliphatic carboxylic acids is 1. The maximum absolute atomic E-state index is 11.1. The number of carbonyl (C=O) groups is 1. The molecule has 1 fully saturated rings. The average Bonchev–Trinajstić information content (AvgIpc) is 2.28. The highest BCUT2D eigenvalue weighted by Gasteiger charge is 2.45. The van der Waals surface area contributed by atoms with E-state index in [0.717, 1.165) is 13.0 Å². The summed E-state index contributed by atoms with van der Waals surface area (Å²) < 4.78 is 5.01. The standard InChI is InChI=1S/C14H19NO3/c1-11-4-2-3-5-12(11)6-7-15-8-14(13(16)17)9-18-10-14/h2-5,15H,6-10H2,1H3,(H,16,17). The molecule has 2 rings (SSSR count). The predicted molar refractivity (Wildman–Crippen MR) is 68.6 cm³/mol. The molecular formula is C14H19NO3. The number of ether oxygens (including phenoxy) is 1. The van der Waals surface area contributed by atoms with Crippen LogP contribution in [0.1, 0.15) is 11.1 Å². The SMILES string of the molecule is Cc1ccccc1CCNCC1(C(=O)O)COC1. The van der Waals surface area contributed by atoms with Gasteiger partial charge in [0.15, 0.2) is 0 Å². The lowest BCUT2D eigenvalue weighted by Crippen LogP contribution is -2.55. The number of aryl methyl sites for hydroxylation is 1. The normalized spacial score (nSPS) is 17.2. The van der Waals surface area contributed by atoms with Gasteiger partial charge in [-0.1, -0.05) is 24.3 Å². The maximum Gasteiger partial charge on any atom is 0.315 e. The number of carboxylic acids is 1. The second kappa shape index (κ2) is 5.50. The van der Waals surface area contributed by atoms with Crippen LogP contribution in [0.5, 0.6) is 0 Å². The number of hydrogen-bond donors (Lipinski definition) is 2. The molecule has 0 spiro atoms. The topological polar surface area (TPSA) is 58.6 Å². The van der Waals surface area contributed by atoms with E-state index in [2.05, 4.69) is 24.4 Å². The third-order valence-corrected chi connectivity index (χ3v) is 3.51. The van der Waals surface area contributed by atoms with E-state index in [4.69, 9.17) is 9.84 Å². The smallest absolute Gasteiger partial charge is 0.315 e. The van der Waals surface area contributed by atoms with E-state index in [-0.39, 0.29) is 0 Å². The van der Waals surface area contributed by atoms with Crippen LogP contribution in [0.25, 0.3) is 0 Å². The van der Waals surface area contributed by atoms with Gasteiger partial charge in [-0.2, -0.15) is 0 Å². The van der Waals surface area contributed by atoms with Gasteiger partial charge in [-0.15, -0.1) is 0 Å². The molecule has 1 aromatic rings. The summed E-state index contributed by atoms with van der Waals surface area (Å²) in [6.07, 6.45) is 0.920. The van der Waals surface area contributed by atoms with Crippen molar-refractivity contribution in [1.29, 1.82) is 0 Å². The number of benzene rings is 1. The van der Waals surface area contributed by atoms with E-state index in [1.807, 2.05) is 12.1 Å². The van der Waals surface area contributed by atoms with Gasteiger partial charge in [-0.25, -0.2) is 0 Å². The quantitative estimate of drug-likeness (QED) is 0.744. The van der Waals surface area contributed by atoms with Crippen molar-refractivity contribution in [3.63, 3.8) is 0 Å². The fourth-order valence-corrected chi connectivity index (χ4v) is 2.09. The van der Waals surface area contributed by atoms with Crippen molar-refractivity contribution < 1.29 is 14.6 Å². The second-order valence-corrected chi connectivity index (χ2v) is 4.93. The van der Waals surface area contributed by atoms with Gasteiger partial charge in [0.25, 0.3) is 0 Å². The first-order chi connectivity index (χ1) is 8.64. The third kappa shape index (κ3) is 2.71. The highest BCUT2D eigenvalue weighted by Crippen LogP contribution is 2.26. The minimum atomic E-state index is -0.767. The van der Waals surface area contributed by atoms with Crippen molar-refractivity contribution in [3.05, 3.63) is 35.4 Å². The molecular weight excluding hydrogens is 230 g/mol. The van der Waals surface area contributed by atoms with Crippen LogP contribution in [-0.4, -0.2) is 37.4 Å². The average molecular weight is 249 g/mol. The zero-order valence-electron chi connectivity index (χ0n) is 10.6. The fraction of sp³-hybridized carbons (Fsp3) is 0.500. The second-order valence-electron chi connectivity index (χ2n) is 4.93. The fourth-order valence-electron chi connectivity index (χ4n) is 2.09. The molecule has 0 unspecified atom stereocenters. The highest BCUT2D eigenvalue weighted by atomic mass is 16.5. The Hall–Kier alpha value is -1.39. The maximum atomic E-state index is 11.1. The van der Waals surface area contributed by atoms with E-state index >= 15 is 0 Å². The molecule has 0 amide bonds. The first-order valence-electron chi connectivity index (χ1n) is 6.20. The van der Waals surface area contributed by atoms with Crippen LogP contribution in [0.2, 0.25) is 0 Å². The Morgan fingerprint density at radius 1 is 1.44 bits per heavy atom. The Bertz CT molecular complexity index is 427. The van der Waals surface area contributed by atoms with Gasteiger partial charge in [0.1, 0.15) is 5.41 Å². The Labute approximate surface area is 107 Å². The molecule has 0 bridgehead atoms. The summed E-state index contributed by atoms with van der Waals surface area (Å²) in [6.45, 7) is 4.00. The minimum absolute atomic E-state index is 0.319. The van der Waals surface area contributed by atoms with Crippen LogP contribution in [-0.2, 0) is 16.0 Å². The van der Waals surface area contributed by atoms with Crippen LogP contribution in [0.3, 0.4) is 0 Å². The summed E-state index contributed by atoms with van der Waals surface area (Å²) in [7, 11) is 0. The van der Waals surface area contributed by atoms with Crippen molar-refractivity contribution in [2.24, 2.45) is 5.41 Å². The van der Waals surface area contributed by atoms with E-state index < -0.39 is 11.4 Å².